The van der Waals surface area contributed by atoms with Gasteiger partial charge in [-0.05, 0) is 105 Å². The van der Waals surface area contributed by atoms with Gasteiger partial charge in [0.1, 0.15) is 5.82 Å². The highest BCUT2D eigenvalue weighted by Gasteiger charge is 2.49. The van der Waals surface area contributed by atoms with E-state index in [4.69, 9.17) is 5.73 Å². The van der Waals surface area contributed by atoms with Crippen molar-refractivity contribution >= 4 is 11.8 Å². The number of hydrogen-bond donors (Lipinski definition) is 1. The van der Waals surface area contributed by atoms with Crippen LogP contribution in [0.25, 0.3) is 0 Å². The molecule has 0 radical (unpaired) electrons. The summed E-state index contributed by atoms with van der Waals surface area (Å²) in [6.45, 7) is 5.93. The number of rotatable bonds is 13. The predicted octanol–water partition coefficient (Wildman–Crippen LogP) is 5.78. The zero-order chi connectivity index (χ0) is 32.5. The molecule has 7 nitrogen and oxygen atoms in total. The first-order chi connectivity index (χ1) is 21.5. The molecule has 0 aliphatic heterocycles. The van der Waals surface area contributed by atoms with E-state index < -0.39 is 22.9 Å². The molecular formula is C37H44FN5O2. The molecule has 4 rings (SSSR count). The molecule has 2 heterocycles. The summed E-state index contributed by atoms with van der Waals surface area (Å²) < 4.78 is 13.9. The van der Waals surface area contributed by atoms with Gasteiger partial charge in [-0.1, -0.05) is 42.5 Å². The molecule has 4 aromatic rings. The van der Waals surface area contributed by atoms with Crippen LogP contribution >= 0.6 is 0 Å². The topological polar surface area (TPSA) is 92.4 Å². The molecule has 8 heteroatoms. The van der Waals surface area contributed by atoms with E-state index in [0.29, 0.717) is 25.7 Å². The van der Waals surface area contributed by atoms with Crippen LogP contribution in [0.3, 0.4) is 0 Å². The Balaban J connectivity index is 1.79. The molecule has 0 spiro atoms. The van der Waals surface area contributed by atoms with Crippen LogP contribution in [-0.4, -0.2) is 55.7 Å². The molecule has 45 heavy (non-hydrogen) atoms. The third-order valence-corrected chi connectivity index (χ3v) is 8.40. The van der Waals surface area contributed by atoms with Crippen molar-refractivity contribution in [3.05, 3.63) is 132 Å². The first-order valence-corrected chi connectivity index (χ1v) is 15.4. The van der Waals surface area contributed by atoms with Crippen LogP contribution in [0.15, 0.2) is 104 Å². The summed E-state index contributed by atoms with van der Waals surface area (Å²) in [4.78, 5) is 41.0. The van der Waals surface area contributed by atoms with Gasteiger partial charge < -0.3 is 15.5 Å². The van der Waals surface area contributed by atoms with E-state index in [9.17, 15) is 9.18 Å². The Morgan fingerprint density at radius 1 is 0.733 bits per heavy atom. The lowest BCUT2D eigenvalue weighted by Gasteiger charge is -2.42. The fourth-order valence-corrected chi connectivity index (χ4v) is 5.40. The summed E-state index contributed by atoms with van der Waals surface area (Å²) in [5.74, 6) is -1.26. The number of aromatic nitrogens is 2. The number of carbonyl (C=O) groups is 2. The molecule has 1 atom stereocenters. The molecule has 2 aromatic heterocycles. The fourth-order valence-electron chi connectivity index (χ4n) is 5.40. The van der Waals surface area contributed by atoms with Crippen LogP contribution in [-0.2, 0) is 35.4 Å². The summed E-state index contributed by atoms with van der Waals surface area (Å²) in [5.41, 5.74) is 8.37. The van der Waals surface area contributed by atoms with E-state index >= 15 is 4.79 Å². The zero-order valence-electron chi connectivity index (χ0n) is 26.7. The Morgan fingerprint density at radius 3 is 1.73 bits per heavy atom. The number of benzene rings is 2. The molecule has 1 unspecified atom stereocenters. The molecule has 0 saturated carbocycles. The SMILES string of the molecule is CN(C(=O)C(N)(Cc1ccccc1)C(=O)N(Cc1ccc(F)cc1)C(CCc1ccncc1)CCc1ccncc1)C(C)(C)C. The monoisotopic (exact) mass is 609 g/mol. The number of carbonyl (C=O) groups excluding carboxylic acids is 2. The van der Waals surface area contributed by atoms with Crippen LogP contribution in [0.1, 0.15) is 55.9 Å². The molecule has 0 aliphatic rings. The predicted molar refractivity (Wildman–Crippen MR) is 175 cm³/mol. The average molecular weight is 610 g/mol. The first kappa shape index (κ1) is 33.5. The summed E-state index contributed by atoms with van der Waals surface area (Å²) in [6, 6.07) is 23.1. The van der Waals surface area contributed by atoms with Gasteiger partial charge in [-0.2, -0.15) is 0 Å². The van der Waals surface area contributed by atoms with Gasteiger partial charge in [0.05, 0.1) is 0 Å². The fraction of sp³-hybridized carbons (Fsp3) is 0.351. The lowest BCUT2D eigenvalue weighted by atomic mass is 9.85. The van der Waals surface area contributed by atoms with E-state index in [1.54, 1.807) is 53.8 Å². The highest BCUT2D eigenvalue weighted by molar-refractivity contribution is 6.10. The molecule has 0 bridgehead atoms. The Bertz CT molecular complexity index is 1470. The summed E-state index contributed by atoms with van der Waals surface area (Å²) in [5, 5.41) is 0. The lowest BCUT2D eigenvalue weighted by Crippen LogP contribution is -2.68. The van der Waals surface area contributed by atoms with Gasteiger partial charge in [-0.3, -0.25) is 19.6 Å². The van der Waals surface area contributed by atoms with Crippen LogP contribution in [0, 0.1) is 5.82 Å². The molecule has 0 aliphatic carbocycles. The van der Waals surface area contributed by atoms with E-state index in [1.807, 2.05) is 75.4 Å². The largest absolute Gasteiger partial charge is 0.339 e. The van der Waals surface area contributed by atoms with Crippen molar-refractivity contribution in [1.29, 1.82) is 0 Å². The second kappa shape index (κ2) is 15.0. The van der Waals surface area contributed by atoms with Crippen molar-refractivity contribution in [2.75, 3.05) is 7.05 Å². The third-order valence-electron chi connectivity index (χ3n) is 8.40. The van der Waals surface area contributed by atoms with Crippen molar-refractivity contribution in [3.63, 3.8) is 0 Å². The maximum atomic E-state index is 15.0. The normalized spacial score (nSPS) is 12.9. The Kier molecular flexibility index (Phi) is 11.2. The summed E-state index contributed by atoms with van der Waals surface area (Å²) in [7, 11) is 1.69. The van der Waals surface area contributed by atoms with Crippen LogP contribution in [0.2, 0.25) is 0 Å². The van der Waals surface area contributed by atoms with Gasteiger partial charge in [0, 0.05) is 56.4 Å². The minimum Gasteiger partial charge on any atom is -0.339 e. The number of amides is 2. The minimum atomic E-state index is -1.88. The maximum absolute atomic E-state index is 15.0. The van der Waals surface area contributed by atoms with Gasteiger partial charge in [0.25, 0.3) is 11.8 Å². The van der Waals surface area contributed by atoms with E-state index in [1.165, 1.54) is 12.1 Å². The van der Waals surface area contributed by atoms with Gasteiger partial charge in [0.15, 0.2) is 5.54 Å². The number of nitrogens with zero attached hydrogens (tertiary/aromatic N) is 4. The highest BCUT2D eigenvalue weighted by atomic mass is 19.1. The molecule has 2 amide bonds. The maximum Gasteiger partial charge on any atom is 0.253 e. The molecule has 0 fully saturated rings. The van der Waals surface area contributed by atoms with E-state index in [2.05, 4.69) is 9.97 Å². The van der Waals surface area contributed by atoms with Crippen LogP contribution < -0.4 is 5.73 Å². The molecule has 236 valence electrons. The quantitative estimate of drug-likeness (QED) is 0.194. The molecule has 0 saturated heterocycles. The molecular weight excluding hydrogens is 565 g/mol. The van der Waals surface area contributed by atoms with Gasteiger partial charge in [-0.25, -0.2) is 4.39 Å². The van der Waals surface area contributed by atoms with Crippen molar-refractivity contribution in [3.8, 4) is 0 Å². The smallest absolute Gasteiger partial charge is 0.253 e. The van der Waals surface area contributed by atoms with Gasteiger partial charge >= 0.3 is 0 Å². The second-order valence-electron chi connectivity index (χ2n) is 12.7. The van der Waals surface area contributed by atoms with Crippen molar-refractivity contribution < 1.29 is 14.0 Å². The number of pyridine rings is 2. The summed E-state index contributed by atoms with van der Waals surface area (Å²) in [6.07, 6.45) is 9.73. The number of halogens is 1. The zero-order valence-corrected chi connectivity index (χ0v) is 26.7. The van der Waals surface area contributed by atoms with E-state index in [-0.39, 0.29) is 24.8 Å². The van der Waals surface area contributed by atoms with Crippen LogP contribution in [0.4, 0.5) is 4.39 Å². The standard InChI is InChI=1S/C37H44FN5O2/c1-36(2,3)42(4)34(44)37(39,26-30-8-6-5-7-9-30)35(45)43(27-31-10-14-32(38)15-11-31)33(16-12-28-18-22-40-23-19-28)17-13-29-20-24-41-25-21-29/h5-11,14-15,18-25,33H,12-13,16-17,26-27,39H2,1-4H3. The number of nitrogens with two attached hydrogens (primary N) is 1. The van der Waals surface area contributed by atoms with Crippen molar-refractivity contribution in [1.82, 2.24) is 19.8 Å². The number of likely N-dealkylation sites (N-methyl/N-ethyl adjacent to an activating group) is 1. The van der Waals surface area contributed by atoms with Crippen molar-refractivity contribution in [2.24, 2.45) is 5.73 Å². The Hall–Kier alpha value is -4.43. The van der Waals surface area contributed by atoms with Gasteiger partial charge in [0.2, 0.25) is 0 Å². The Morgan fingerprint density at radius 2 is 1.24 bits per heavy atom. The first-order valence-electron chi connectivity index (χ1n) is 15.4. The van der Waals surface area contributed by atoms with Gasteiger partial charge in [-0.15, -0.1) is 0 Å². The van der Waals surface area contributed by atoms with Crippen LogP contribution in [0.5, 0.6) is 0 Å². The number of hydrogen-bond acceptors (Lipinski definition) is 5. The third kappa shape index (κ3) is 9.05. The lowest BCUT2D eigenvalue weighted by molar-refractivity contribution is -0.153. The highest BCUT2D eigenvalue weighted by Crippen LogP contribution is 2.27. The summed E-state index contributed by atoms with van der Waals surface area (Å²) >= 11 is 0. The molecule has 2 aromatic carbocycles. The molecule has 2 N–H and O–H groups in total. The Labute approximate surface area is 266 Å². The minimum absolute atomic E-state index is 0.0350. The number of aryl methyl sites for hydroxylation is 2. The second-order valence-corrected chi connectivity index (χ2v) is 12.7. The van der Waals surface area contributed by atoms with Crippen molar-refractivity contribution in [2.45, 2.75) is 76.5 Å². The average Bonchev–Trinajstić information content (AvgIpc) is 3.04. The van der Waals surface area contributed by atoms with E-state index in [0.717, 1.165) is 22.3 Å².